The van der Waals surface area contributed by atoms with Crippen LogP contribution in [0.25, 0.3) is 5.57 Å². The number of nitrogens with one attached hydrogen (secondary N) is 1. The van der Waals surface area contributed by atoms with Gasteiger partial charge in [-0.25, -0.2) is 12.8 Å². The molecule has 1 N–H and O–H groups in total. The van der Waals surface area contributed by atoms with Gasteiger partial charge in [0.15, 0.2) is 0 Å². The van der Waals surface area contributed by atoms with E-state index in [-0.39, 0.29) is 23.0 Å². The van der Waals surface area contributed by atoms with Gasteiger partial charge in [0.05, 0.1) is 10.6 Å². The van der Waals surface area contributed by atoms with Crippen LogP contribution >= 0.6 is 0 Å². The summed E-state index contributed by atoms with van der Waals surface area (Å²) in [6.07, 6.45) is 2.30. The van der Waals surface area contributed by atoms with Gasteiger partial charge in [-0.15, -0.1) is 0 Å². The molecule has 0 radical (unpaired) electrons. The van der Waals surface area contributed by atoms with E-state index in [4.69, 9.17) is 0 Å². The number of rotatable bonds is 4. The fraction of sp³-hybridized carbons (Fsp3) is 0.250. The van der Waals surface area contributed by atoms with Crippen LogP contribution in [0.4, 0.5) is 10.1 Å². The molecule has 142 valence electrons. The third-order valence-corrected chi connectivity index (χ3v) is 6.36. The monoisotopic (exact) mass is 388 g/mol. The number of hydrogen-bond acceptors (Lipinski definition) is 3. The van der Waals surface area contributed by atoms with Crippen molar-refractivity contribution in [2.75, 3.05) is 18.4 Å². The number of amides is 1. The van der Waals surface area contributed by atoms with Crippen LogP contribution in [0.2, 0.25) is 0 Å². The summed E-state index contributed by atoms with van der Waals surface area (Å²) in [5.74, 6) is -0.853. The van der Waals surface area contributed by atoms with E-state index in [1.54, 1.807) is 30.3 Å². The van der Waals surface area contributed by atoms with E-state index in [1.807, 2.05) is 13.0 Å². The second kappa shape index (κ2) is 7.62. The quantitative estimate of drug-likeness (QED) is 0.871. The molecule has 1 aliphatic rings. The van der Waals surface area contributed by atoms with Crippen LogP contribution in [-0.2, 0) is 14.8 Å². The van der Waals surface area contributed by atoms with E-state index >= 15 is 0 Å². The van der Waals surface area contributed by atoms with E-state index in [9.17, 15) is 17.6 Å². The van der Waals surface area contributed by atoms with E-state index in [1.165, 1.54) is 23.4 Å². The van der Waals surface area contributed by atoms with Crippen LogP contribution in [0.1, 0.15) is 24.5 Å². The topological polar surface area (TPSA) is 66.5 Å². The predicted molar refractivity (Wildman–Crippen MR) is 103 cm³/mol. The minimum absolute atomic E-state index is 0.131. The minimum Gasteiger partial charge on any atom is -0.324 e. The first-order valence-electron chi connectivity index (χ1n) is 8.61. The van der Waals surface area contributed by atoms with E-state index in [0.717, 1.165) is 11.1 Å². The normalized spacial score (nSPS) is 15.3. The molecule has 0 fully saturated rings. The summed E-state index contributed by atoms with van der Waals surface area (Å²) in [5, 5.41) is 2.43. The molecule has 1 aliphatic heterocycles. The Morgan fingerprint density at radius 2 is 1.85 bits per heavy atom. The molecule has 1 heterocycles. The Morgan fingerprint density at radius 1 is 1.15 bits per heavy atom. The number of sulfonamides is 1. The molecule has 2 aromatic carbocycles. The van der Waals surface area contributed by atoms with Gasteiger partial charge >= 0.3 is 0 Å². The highest BCUT2D eigenvalue weighted by atomic mass is 32.2. The van der Waals surface area contributed by atoms with Crippen LogP contribution in [0, 0.1) is 12.7 Å². The number of halogens is 1. The molecule has 0 bridgehead atoms. The van der Waals surface area contributed by atoms with E-state index in [2.05, 4.69) is 5.32 Å². The summed E-state index contributed by atoms with van der Waals surface area (Å²) in [7, 11) is -3.55. The fourth-order valence-electron chi connectivity index (χ4n) is 3.00. The van der Waals surface area contributed by atoms with Crippen LogP contribution in [0.3, 0.4) is 0 Å². The number of aryl methyl sites for hydroxylation is 1. The molecule has 0 saturated heterocycles. The van der Waals surface area contributed by atoms with Crippen molar-refractivity contribution in [3.8, 4) is 0 Å². The first-order chi connectivity index (χ1) is 12.8. The van der Waals surface area contributed by atoms with Crippen molar-refractivity contribution in [3.63, 3.8) is 0 Å². The van der Waals surface area contributed by atoms with E-state index < -0.39 is 15.8 Å². The number of carbonyl (C=O) groups is 1. The van der Waals surface area contributed by atoms with Crippen molar-refractivity contribution in [1.29, 1.82) is 0 Å². The molecule has 7 heteroatoms. The lowest BCUT2D eigenvalue weighted by atomic mass is 10.00. The molecule has 0 saturated carbocycles. The second-order valence-corrected chi connectivity index (χ2v) is 8.47. The van der Waals surface area contributed by atoms with Crippen LogP contribution in [0.15, 0.2) is 53.4 Å². The zero-order chi connectivity index (χ0) is 19.6. The van der Waals surface area contributed by atoms with Crippen molar-refractivity contribution >= 4 is 27.2 Å². The highest BCUT2D eigenvalue weighted by Gasteiger charge is 2.26. The molecule has 0 aromatic heterocycles. The molecular weight excluding hydrogens is 367 g/mol. The van der Waals surface area contributed by atoms with Crippen LogP contribution in [0.5, 0.6) is 0 Å². The Morgan fingerprint density at radius 3 is 2.41 bits per heavy atom. The first-order valence-corrected chi connectivity index (χ1v) is 10.0. The van der Waals surface area contributed by atoms with Gasteiger partial charge in [-0.3, -0.25) is 4.79 Å². The minimum atomic E-state index is -3.55. The zero-order valence-corrected chi connectivity index (χ0v) is 16.0. The molecule has 0 unspecified atom stereocenters. The molecule has 5 nitrogen and oxygen atoms in total. The number of carbonyl (C=O) groups excluding carboxylic acids is 1. The Labute approximate surface area is 158 Å². The summed E-state index contributed by atoms with van der Waals surface area (Å²) >= 11 is 0. The summed E-state index contributed by atoms with van der Waals surface area (Å²) in [5.41, 5.74) is 2.71. The van der Waals surface area contributed by atoms with Gasteiger partial charge in [-0.2, -0.15) is 4.31 Å². The molecule has 0 atom stereocenters. The van der Waals surface area contributed by atoms with Crippen LogP contribution in [-0.4, -0.2) is 31.7 Å². The Bertz CT molecular complexity index is 998. The lowest BCUT2D eigenvalue weighted by molar-refractivity contribution is -0.114. The fourth-order valence-corrected chi connectivity index (χ4v) is 4.38. The van der Waals surface area contributed by atoms with Crippen molar-refractivity contribution in [1.82, 2.24) is 4.31 Å². The van der Waals surface area contributed by atoms with Crippen molar-refractivity contribution in [2.24, 2.45) is 0 Å². The molecule has 3 rings (SSSR count). The maximum absolute atomic E-state index is 14.1. The largest absolute Gasteiger partial charge is 0.324 e. The lowest BCUT2D eigenvalue weighted by Crippen LogP contribution is -2.34. The molecule has 1 amide bonds. The number of benzene rings is 2. The Kier molecular flexibility index (Phi) is 5.43. The van der Waals surface area contributed by atoms with Crippen molar-refractivity contribution < 1.29 is 17.6 Å². The number of hydrogen-bond donors (Lipinski definition) is 1. The molecule has 0 aliphatic carbocycles. The SMILES string of the molecule is CC(=O)Nc1ccc(C2=CCN(S(=O)(=O)c3ccc(C)cc3)CC2)cc1F. The standard InChI is InChI=1S/C20H21FN2O3S/c1-14-3-6-18(7-4-14)27(25,26)23-11-9-16(10-12-23)17-5-8-20(19(21)13-17)22-15(2)24/h3-9,13H,10-12H2,1-2H3,(H,22,24). The smallest absolute Gasteiger partial charge is 0.243 e. The van der Waals surface area contributed by atoms with Crippen LogP contribution < -0.4 is 5.32 Å². The predicted octanol–water partition coefficient (Wildman–Crippen LogP) is 3.57. The molecule has 0 spiro atoms. The summed E-state index contributed by atoms with van der Waals surface area (Å²) < 4.78 is 41.0. The van der Waals surface area contributed by atoms with Gasteiger partial charge in [0.25, 0.3) is 0 Å². The highest BCUT2D eigenvalue weighted by molar-refractivity contribution is 7.89. The highest BCUT2D eigenvalue weighted by Crippen LogP contribution is 2.28. The van der Waals surface area contributed by atoms with Gasteiger partial charge < -0.3 is 5.32 Å². The summed E-state index contributed by atoms with van der Waals surface area (Å²) in [6, 6.07) is 11.4. The zero-order valence-electron chi connectivity index (χ0n) is 15.2. The van der Waals surface area contributed by atoms with Gasteiger partial charge in [0.2, 0.25) is 15.9 Å². The average Bonchev–Trinajstić information content (AvgIpc) is 2.63. The Balaban J connectivity index is 1.77. The third kappa shape index (κ3) is 4.26. The maximum atomic E-state index is 14.1. The van der Waals surface area contributed by atoms with Gasteiger partial charge in [-0.1, -0.05) is 29.8 Å². The molecule has 2 aromatic rings. The molecular formula is C20H21FN2O3S. The second-order valence-electron chi connectivity index (χ2n) is 6.53. The summed E-state index contributed by atoms with van der Waals surface area (Å²) in [6.45, 7) is 3.79. The summed E-state index contributed by atoms with van der Waals surface area (Å²) in [4.78, 5) is 11.3. The average molecular weight is 388 g/mol. The Hall–Kier alpha value is -2.51. The van der Waals surface area contributed by atoms with E-state index in [0.29, 0.717) is 18.5 Å². The van der Waals surface area contributed by atoms with Crippen molar-refractivity contribution in [2.45, 2.75) is 25.2 Å². The van der Waals surface area contributed by atoms with Gasteiger partial charge in [0.1, 0.15) is 5.82 Å². The molecule has 27 heavy (non-hydrogen) atoms. The van der Waals surface area contributed by atoms with Gasteiger partial charge in [-0.05, 0) is 48.7 Å². The third-order valence-electron chi connectivity index (χ3n) is 4.48. The first kappa shape index (κ1) is 19.3. The maximum Gasteiger partial charge on any atom is 0.243 e. The van der Waals surface area contributed by atoms with Gasteiger partial charge in [0, 0.05) is 20.0 Å². The lowest BCUT2D eigenvalue weighted by Gasteiger charge is -2.26. The van der Waals surface area contributed by atoms with Crippen molar-refractivity contribution in [3.05, 3.63) is 65.5 Å². The number of nitrogens with zero attached hydrogens (tertiary/aromatic N) is 1. The number of anilines is 1.